The van der Waals surface area contributed by atoms with Crippen LogP contribution >= 0.6 is 36.4 Å². The van der Waals surface area contributed by atoms with E-state index in [-0.39, 0.29) is 36.6 Å². The third kappa shape index (κ3) is 6.82. The highest BCUT2D eigenvalue weighted by Gasteiger charge is 2.24. The minimum Gasteiger partial charge on any atom is -0.508 e. The normalized spacial score (nSPS) is 13.6. The van der Waals surface area contributed by atoms with Gasteiger partial charge in [0.05, 0.1) is 5.52 Å². The van der Waals surface area contributed by atoms with Gasteiger partial charge < -0.3 is 20.2 Å². The second-order valence-corrected chi connectivity index (χ2v) is 8.64. The smallest absolute Gasteiger partial charge is 0.320 e. The van der Waals surface area contributed by atoms with E-state index in [4.69, 9.17) is 11.6 Å². The highest BCUT2D eigenvalue weighted by atomic mass is 35.5. The van der Waals surface area contributed by atoms with Crippen LogP contribution in [0.15, 0.2) is 48.7 Å². The van der Waals surface area contributed by atoms with Gasteiger partial charge in [-0.1, -0.05) is 11.6 Å². The number of halogens is 3. The topological polar surface area (TPSA) is 71.9 Å². The summed E-state index contributed by atoms with van der Waals surface area (Å²) < 4.78 is 0. The van der Waals surface area contributed by atoms with E-state index in [1.165, 1.54) is 0 Å². The van der Waals surface area contributed by atoms with Crippen molar-refractivity contribution in [3.63, 3.8) is 0 Å². The maximum atomic E-state index is 12.6. The summed E-state index contributed by atoms with van der Waals surface area (Å²) in [5.41, 5.74) is 3.49. The Morgan fingerprint density at radius 3 is 2.46 bits per heavy atom. The molecule has 2 amide bonds. The van der Waals surface area contributed by atoms with Gasteiger partial charge in [0.2, 0.25) is 0 Å². The van der Waals surface area contributed by atoms with E-state index in [1.54, 1.807) is 12.3 Å². The first kappa shape index (κ1) is 28.8. The van der Waals surface area contributed by atoms with Gasteiger partial charge in [-0.25, -0.2) is 4.79 Å². The Labute approximate surface area is 223 Å². The van der Waals surface area contributed by atoms with Crippen LogP contribution in [0.1, 0.15) is 19.4 Å². The maximum Gasteiger partial charge on any atom is 0.320 e. The van der Waals surface area contributed by atoms with Crippen LogP contribution in [-0.2, 0) is 6.54 Å². The van der Waals surface area contributed by atoms with Crippen molar-refractivity contribution >= 4 is 64.7 Å². The van der Waals surface area contributed by atoms with Crippen LogP contribution in [0.25, 0.3) is 10.9 Å². The Morgan fingerprint density at radius 2 is 1.77 bits per heavy atom. The molecule has 1 aromatic heterocycles. The monoisotopic (exact) mass is 539 g/mol. The summed E-state index contributed by atoms with van der Waals surface area (Å²) in [6.45, 7) is 9.03. The number of phenolic OH excluding ortho intramolecular Hbond substituents is 1. The second kappa shape index (κ2) is 13.0. The van der Waals surface area contributed by atoms with Crippen molar-refractivity contribution in [2.75, 3.05) is 44.6 Å². The Hall–Kier alpha value is -2.45. The molecule has 35 heavy (non-hydrogen) atoms. The molecule has 1 aliphatic rings. The van der Waals surface area contributed by atoms with E-state index >= 15 is 0 Å². The van der Waals surface area contributed by atoms with Gasteiger partial charge in [0, 0.05) is 79.4 Å². The van der Waals surface area contributed by atoms with Crippen molar-refractivity contribution in [3.05, 3.63) is 59.2 Å². The lowest BCUT2D eigenvalue weighted by atomic mass is 10.1. The second-order valence-electron chi connectivity index (χ2n) is 8.21. The van der Waals surface area contributed by atoms with Crippen LogP contribution < -0.4 is 5.32 Å². The minimum absolute atomic E-state index is 0. The predicted molar refractivity (Wildman–Crippen MR) is 148 cm³/mol. The molecular formula is C25H32Cl3N5O2. The van der Waals surface area contributed by atoms with Gasteiger partial charge in [0.25, 0.3) is 0 Å². The molecule has 2 aromatic carbocycles. The lowest BCUT2D eigenvalue weighted by molar-refractivity contribution is 0.112. The lowest BCUT2D eigenvalue weighted by Crippen LogP contribution is -2.52. The molecule has 4 rings (SSSR count). The fourth-order valence-electron chi connectivity index (χ4n) is 4.21. The average molecular weight is 541 g/mol. The van der Waals surface area contributed by atoms with Crippen LogP contribution in [0.5, 0.6) is 5.75 Å². The highest BCUT2D eigenvalue weighted by molar-refractivity contribution is 6.31. The molecule has 0 bridgehead atoms. The molecule has 0 saturated carbocycles. The van der Waals surface area contributed by atoms with Crippen molar-refractivity contribution in [3.8, 4) is 5.75 Å². The van der Waals surface area contributed by atoms with Gasteiger partial charge in [-0.3, -0.25) is 9.88 Å². The molecule has 2 N–H and O–H groups in total. The number of rotatable bonds is 6. The number of amides is 2. The number of anilines is 2. The first-order valence-electron chi connectivity index (χ1n) is 11.4. The summed E-state index contributed by atoms with van der Waals surface area (Å²) >= 11 is 6.10. The predicted octanol–water partition coefficient (Wildman–Crippen LogP) is 5.76. The molecule has 0 spiro atoms. The molecule has 1 aliphatic heterocycles. The molecule has 0 atom stereocenters. The Kier molecular flexibility index (Phi) is 10.7. The van der Waals surface area contributed by atoms with Gasteiger partial charge in [-0.05, 0) is 56.3 Å². The zero-order chi connectivity index (χ0) is 23.4. The van der Waals surface area contributed by atoms with Crippen molar-refractivity contribution < 1.29 is 9.90 Å². The van der Waals surface area contributed by atoms with E-state index < -0.39 is 0 Å². The number of phenols is 1. The molecule has 3 aromatic rings. The number of benzene rings is 2. The number of urea groups is 1. The van der Waals surface area contributed by atoms with Crippen LogP contribution in [0, 0.1) is 0 Å². The summed E-state index contributed by atoms with van der Waals surface area (Å²) in [7, 11) is 0. The van der Waals surface area contributed by atoms with Gasteiger partial charge >= 0.3 is 6.03 Å². The molecule has 7 nitrogen and oxygen atoms in total. The first-order chi connectivity index (χ1) is 16.0. The standard InChI is InChI=1S/C25H30ClN5O2.2ClH/c1-3-30(4-2)25(33)31-13-11-29(12-14-31)17-18-15-20(6-8-24(18)32)28-22-9-10-27-23-16-19(26)5-7-21(22)23;;/h5-10,15-16,32H,3-4,11-14,17H2,1-2H3,(H,27,28);2*1H. The van der Waals surface area contributed by atoms with Gasteiger partial charge in [0.1, 0.15) is 5.75 Å². The Bertz CT molecular complexity index is 1140. The fourth-order valence-corrected chi connectivity index (χ4v) is 4.37. The number of carbonyl (C=O) groups excluding carboxylic acids is 1. The molecule has 0 radical (unpaired) electrons. The number of piperazine rings is 1. The zero-order valence-corrected chi connectivity index (χ0v) is 22.3. The number of aromatic hydroxyl groups is 1. The summed E-state index contributed by atoms with van der Waals surface area (Å²) in [6, 6.07) is 13.2. The molecule has 0 aliphatic carbocycles. The van der Waals surface area contributed by atoms with Gasteiger partial charge in [-0.2, -0.15) is 0 Å². The number of carbonyl (C=O) groups is 1. The van der Waals surface area contributed by atoms with E-state index in [9.17, 15) is 9.90 Å². The van der Waals surface area contributed by atoms with E-state index in [2.05, 4.69) is 15.2 Å². The molecule has 1 fully saturated rings. The molecular weight excluding hydrogens is 509 g/mol. The number of hydrogen-bond donors (Lipinski definition) is 2. The molecule has 190 valence electrons. The zero-order valence-electron chi connectivity index (χ0n) is 19.9. The number of fused-ring (bicyclic) bond motifs is 1. The van der Waals surface area contributed by atoms with E-state index in [1.807, 2.05) is 60.0 Å². The lowest BCUT2D eigenvalue weighted by Gasteiger charge is -2.37. The van der Waals surface area contributed by atoms with Crippen molar-refractivity contribution in [2.24, 2.45) is 0 Å². The molecule has 0 unspecified atom stereocenters. The van der Waals surface area contributed by atoms with Gasteiger partial charge in [0.15, 0.2) is 0 Å². The minimum atomic E-state index is 0. The van der Waals surface area contributed by atoms with Crippen LogP contribution in [0.3, 0.4) is 0 Å². The third-order valence-electron chi connectivity index (χ3n) is 6.13. The van der Waals surface area contributed by atoms with Crippen molar-refractivity contribution in [2.45, 2.75) is 20.4 Å². The highest BCUT2D eigenvalue weighted by Crippen LogP contribution is 2.30. The fraction of sp³-hybridized carbons (Fsp3) is 0.360. The SMILES string of the molecule is CCN(CC)C(=O)N1CCN(Cc2cc(Nc3ccnc4cc(Cl)ccc34)ccc2O)CC1.Cl.Cl. The van der Waals surface area contributed by atoms with Crippen LogP contribution in [0.2, 0.25) is 5.02 Å². The summed E-state index contributed by atoms with van der Waals surface area (Å²) in [4.78, 5) is 23.0. The summed E-state index contributed by atoms with van der Waals surface area (Å²) in [5, 5.41) is 15.5. The molecule has 2 heterocycles. The quantitative estimate of drug-likeness (QED) is 0.389. The van der Waals surface area contributed by atoms with Gasteiger partial charge in [-0.15, -0.1) is 24.8 Å². The third-order valence-corrected chi connectivity index (χ3v) is 6.37. The Morgan fingerprint density at radius 1 is 1.06 bits per heavy atom. The number of nitrogens with zero attached hydrogens (tertiary/aromatic N) is 4. The summed E-state index contributed by atoms with van der Waals surface area (Å²) in [5.74, 6) is 0.272. The Balaban J connectivity index is 0.00000216. The largest absolute Gasteiger partial charge is 0.508 e. The van der Waals surface area contributed by atoms with Crippen molar-refractivity contribution in [1.82, 2.24) is 19.7 Å². The number of hydrogen-bond acceptors (Lipinski definition) is 5. The van der Waals surface area contributed by atoms with Crippen LogP contribution in [-0.4, -0.2) is 70.1 Å². The van der Waals surface area contributed by atoms with Crippen LogP contribution in [0.4, 0.5) is 16.2 Å². The number of nitrogens with one attached hydrogen (secondary N) is 1. The van der Waals surface area contributed by atoms with Crippen molar-refractivity contribution in [1.29, 1.82) is 0 Å². The summed E-state index contributed by atoms with van der Waals surface area (Å²) in [6.07, 6.45) is 1.75. The maximum absolute atomic E-state index is 12.6. The molecule has 10 heteroatoms. The number of aromatic nitrogens is 1. The average Bonchev–Trinajstić information content (AvgIpc) is 2.82. The first-order valence-corrected chi connectivity index (χ1v) is 11.8. The number of pyridine rings is 1. The van der Waals surface area contributed by atoms with E-state index in [0.717, 1.165) is 54.0 Å². The van der Waals surface area contributed by atoms with E-state index in [0.29, 0.717) is 24.7 Å². The molecule has 1 saturated heterocycles.